The molecule has 0 aliphatic heterocycles. The summed E-state index contributed by atoms with van der Waals surface area (Å²) >= 11 is 3.42. The third kappa shape index (κ3) is 2.09. The van der Waals surface area contributed by atoms with Gasteiger partial charge in [0, 0.05) is 10.7 Å². The average molecular weight is 268 g/mol. The topological polar surface area (TPSA) is 64.1 Å². The molecule has 0 fully saturated rings. The van der Waals surface area contributed by atoms with Crippen LogP contribution >= 0.6 is 15.9 Å². The first-order valence-corrected chi connectivity index (χ1v) is 5.22. The van der Waals surface area contributed by atoms with Crippen molar-refractivity contribution in [2.45, 2.75) is 6.04 Å². The maximum absolute atomic E-state index is 5.49. The van der Waals surface area contributed by atoms with E-state index in [0.29, 0.717) is 0 Å². The highest BCUT2D eigenvalue weighted by Gasteiger charge is 2.18. The van der Waals surface area contributed by atoms with E-state index < -0.39 is 0 Å². The number of nitrogens with two attached hydrogens (primary N) is 1. The molecule has 2 heterocycles. The first-order chi connectivity index (χ1) is 7.33. The highest BCUT2D eigenvalue weighted by Crippen LogP contribution is 2.25. The zero-order chi connectivity index (χ0) is 10.7. The van der Waals surface area contributed by atoms with Crippen LogP contribution < -0.4 is 11.3 Å². The largest absolute Gasteiger partial charge is 0.467 e. The molecule has 0 amide bonds. The zero-order valence-electron chi connectivity index (χ0n) is 7.85. The van der Waals surface area contributed by atoms with E-state index in [-0.39, 0.29) is 6.04 Å². The second kappa shape index (κ2) is 4.57. The number of pyridine rings is 1. The Bertz CT molecular complexity index is 430. The van der Waals surface area contributed by atoms with E-state index in [4.69, 9.17) is 10.3 Å². The summed E-state index contributed by atoms with van der Waals surface area (Å²) in [4.78, 5) is 4.26. The maximum Gasteiger partial charge on any atom is 0.128 e. The lowest BCUT2D eigenvalue weighted by atomic mass is 10.1. The molecule has 2 aromatic rings. The minimum Gasteiger partial charge on any atom is -0.467 e. The summed E-state index contributed by atoms with van der Waals surface area (Å²) in [6.45, 7) is 0. The van der Waals surface area contributed by atoms with Crippen LogP contribution in [0.4, 0.5) is 0 Å². The normalized spacial score (nSPS) is 12.7. The van der Waals surface area contributed by atoms with Crippen molar-refractivity contribution in [1.29, 1.82) is 0 Å². The lowest BCUT2D eigenvalue weighted by Gasteiger charge is -2.13. The number of hydrazine groups is 1. The van der Waals surface area contributed by atoms with Crippen LogP contribution in [0.3, 0.4) is 0 Å². The number of halogens is 1. The molecular formula is C10H10BrN3O. The van der Waals surface area contributed by atoms with Gasteiger partial charge in [-0.2, -0.15) is 0 Å². The molecule has 78 valence electrons. The molecule has 2 aromatic heterocycles. The fraction of sp³-hybridized carbons (Fsp3) is 0.100. The number of aromatic nitrogens is 1. The molecular weight excluding hydrogens is 258 g/mol. The van der Waals surface area contributed by atoms with Gasteiger partial charge in [-0.1, -0.05) is 0 Å². The van der Waals surface area contributed by atoms with Gasteiger partial charge in [-0.25, -0.2) is 5.43 Å². The Labute approximate surface area is 95.6 Å². The number of rotatable bonds is 3. The SMILES string of the molecule is NNC(c1ccco1)c1ncccc1Br. The number of furan rings is 1. The van der Waals surface area contributed by atoms with E-state index in [2.05, 4.69) is 26.3 Å². The third-order valence-electron chi connectivity index (χ3n) is 2.05. The van der Waals surface area contributed by atoms with Gasteiger partial charge in [0.15, 0.2) is 0 Å². The second-order valence-electron chi connectivity index (χ2n) is 2.99. The maximum atomic E-state index is 5.49. The molecule has 2 rings (SSSR count). The Hall–Kier alpha value is -1.17. The van der Waals surface area contributed by atoms with Gasteiger partial charge in [-0.15, -0.1) is 0 Å². The van der Waals surface area contributed by atoms with Crippen LogP contribution in [0, 0.1) is 0 Å². The van der Waals surface area contributed by atoms with E-state index >= 15 is 0 Å². The predicted molar refractivity (Wildman–Crippen MR) is 59.8 cm³/mol. The van der Waals surface area contributed by atoms with Gasteiger partial charge in [0.25, 0.3) is 0 Å². The van der Waals surface area contributed by atoms with Gasteiger partial charge < -0.3 is 4.42 Å². The van der Waals surface area contributed by atoms with E-state index in [1.165, 1.54) is 0 Å². The van der Waals surface area contributed by atoms with Crippen molar-refractivity contribution in [3.05, 3.63) is 52.7 Å². The van der Waals surface area contributed by atoms with Crippen molar-refractivity contribution in [1.82, 2.24) is 10.4 Å². The van der Waals surface area contributed by atoms with Crippen LogP contribution in [-0.4, -0.2) is 4.98 Å². The fourth-order valence-corrected chi connectivity index (χ4v) is 1.85. The molecule has 4 nitrogen and oxygen atoms in total. The Balaban J connectivity index is 2.40. The van der Waals surface area contributed by atoms with Crippen LogP contribution in [0.5, 0.6) is 0 Å². The van der Waals surface area contributed by atoms with Gasteiger partial charge >= 0.3 is 0 Å². The van der Waals surface area contributed by atoms with Crippen molar-refractivity contribution in [2.75, 3.05) is 0 Å². The van der Waals surface area contributed by atoms with Gasteiger partial charge in [-0.05, 0) is 40.2 Å². The minimum atomic E-state index is -0.240. The summed E-state index contributed by atoms with van der Waals surface area (Å²) in [5.41, 5.74) is 3.48. The molecule has 15 heavy (non-hydrogen) atoms. The highest BCUT2D eigenvalue weighted by atomic mass is 79.9. The van der Waals surface area contributed by atoms with E-state index in [1.54, 1.807) is 12.5 Å². The lowest BCUT2D eigenvalue weighted by Crippen LogP contribution is -2.29. The van der Waals surface area contributed by atoms with Crippen LogP contribution in [0.15, 0.2) is 45.6 Å². The summed E-state index contributed by atoms with van der Waals surface area (Å²) < 4.78 is 6.19. The zero-order valence-corrected chi connectivity index (χ0v) is 9.44. The van der Waals surface area contributed by atoms with Gasteiger partial charge in [-0.3, -0.25) is 10.8 Å². The van der Waals surface area contributed by atoms with Crippen LogP contribution in [-0.2, 0) is 0 Å². The molecule has 3 N–H and O–H groups in total. The van der Waals surface area contributed by atoms with E-state index in [9.17, 15) is 0 Å². The second-order valence-corrected chi connectivity index (χ2v) is 3.84. The van der Waals surface area contributed by atoms with E-state index in [1.807, 2.05) is 24.3 Å². The molecule has 1 unspecified atom stereocenters. The standard InChI is InChI=1S/C10H10BrN3O/c11-7-3-1-5-13-9(7)10(14-12)8-4-2-6-15-8/h1-6,10,14H,12H2. The molecule has 0 aromatic carbocycles. The molecule has 5 heteroatoms. The molecule has 0 aliphatic carbocycles. The molecule has 0 radical (unpaired) electrons. The van der Waals surface area contributed by atoms with Crippen molar-refractivity contribution >= 4 is 15.9 Å². The summed E-state index contributed by atoms with van der Waals surface area (Å²) in [6.07, 6.45) is 3.32. The molecule has 0 saturated heterocycles. The van der Waals surface area contributed by atoms with Crippen LogP contribution in [0.1, 0.15) is 17.5 Å². The smallest absolute Gasteiger partial charge is 0.128 e. The summed E-state index contributed by atoms with van der Waals surface area (Å²) in [5.74, 6) is 6.23. The van der Waals surface area contributed by atoms with Crippen LogP contribution in [0.2, 0.25) is 0 Å². The molecule has 1 atom stereocenters. The predicted octanol–water partition coefficient (Wildman–Crippen LogP) is 1.99. The minimum absolute atomic E-state index is 0.240. The lowest BCUT2D eigenvalue weighted by molar-refractivity contribution is 0.446. The Morgan fingerprint density at radius 1 is 1.40 bits per heavy atom. The monoisotopic (exact) mass is 267 g/mol. The van der Waals surface area contributed by atoms with Crippen molar-refractivity contribution in [3.8, 4) is 0 Å². The molecule has 0 bridgehead atoms. The van der Waals surface area contributed by atoms with Crippen molar-refractivity contribution in [3.63, 3.8) is 0 Å². The Morgan fingerprint density at radius 2 is 2.27 bits per heavy atom. The number of hydrogen-bond donors (Lipinski definition) is 2. The number of nitrogens with one attached hydrogen (secondary N) is 1. The summed E-state index contributed by atoms with van der Waals surface area (Å²) in [7, 11) is 0. The molecule has 0 spiro atoms. The van der Waals surface area contributed by atoms with Gasteiger partial charge in [0.2, 0.25) is 0 Å². The van der Waals surface area contributed by atoms with Gasteiger partial charge in [0.05, 0.1) is 12.0 Å². The number of hydrogen-bond acceptors (Lipinski definition) is 4. The van der Waals surface area contributed by atoms with E-state index in [0.717, 1.165) is 15.9 Å². The molecule has 0 aliphatic rings. The van der Waals surface area contributed by atoms with Crippen LogP contribution in [0.25, 0.3) is 0 Å². The number of nitrogens with zero attached hydrogens (tertiary/aromatic N) is 1. The highest BCUT2D eigenvalue weighted by molar-refractivity contribution is 9.10. The third-order valence-corrected chi connectivity index (χ3v) is 2.73. The first-order valence-electron chi connectivity index (χ1n) is 4.43. The quantitative estimate of drug-likeness (QED) is 0.660. The first kappa shape index (κ1) is 10.4. The summed E-state index contributed by atoms with van der Waals surface area (Å²) in [6, 6.07) is 7.19. The Morgan fingerprint density at radius 3 is 2.87 bits per heavy atom. The summed E-state index contributed by atoms with van der Waals surface area (Å²) in [5, 5.41) is 0. The fourth-order valence-electron chi connectivity index (χ4n) is 1.36. The molecule has 0 saturated carbocycles. The average Bonchev–Trinajstić information content (AvgIpc) is 2.75. The van der Waals surface area contributed by atoms with Crippen molar-refractivity contribution < 1.29 is 4.42 Å². The van der Waals surface area contributed by atoms with Crippen molar-refractivity contribution in [2.24, 2.45) is 5.84 Å². The Kier molecular flexibility index (Phi) is 3.15. The van der Waals surface area contributed by atoms with Gasteiger partial charge in [0.1, 0.15) is 11.8 Å².